The van der Waals surface area contributed by atoms with Gasteiger partial charge in [-0.3, -0.25) is 24.0 Å². The van der Waals surface area contributed by atoms with Crippen molar-refractivity contribution in [3.63, 3.8) is 0 Å². The predicted octanol–water partition coefficient (Wildman–Crippen LogP) is 4.09. The largest absolute Gasteiger partial charge is 0.507 e. The molecule has 3 saturated heterocycles. The molecule has 14 heteroatoms. The van der Waals surface area contributed by atoms with Gasteiger partial charge in [0.05, 0.1) is 22.4 Å². The van der Waals surface area contributed by atoms with Crippen molar-refractivity contribution >= 4 is 40.0 Å². The number of fused-ring (bicyclic) bond motifs is 1. The number of nitrogens with one attached hydrogen (secondary N) is 1. The maximum absolute atomic E-state index is 13.4. The fraction of sp³-hybridized carbons (Fsp3) is 0.419. The smallest absolute Gasteiger partial charge is 0.329 e. The highest BCUT2D eigenvalue weighted by atomic mass is 16.3. The Hall–Kier alpha value is -5.73. The number of para-hydroxylation sites is 2. The Morgan fingerprint density at radius 2 is 1.61 bits per heavy atom. The normalized spacial score (nSPS) is 18.5. The van der Waals surface area contributed by atoms with Crippen LogP contribution in [0.25, 0.3) is 22.3 Å². The summed E-state index contributed by atoms with van der Waals surface area (Å²) in [6, 6.07) is 23.3. The van der Waals surface area contributed by atoms with Crippen LogP contribution in [0.2, 0.25) is 0 Å². The minimum Gasteiger partial charge on any atom is -0.507 e. The molecule has 0 radical (unpaired) electrons. The molecular formula is C43H52N10O4. The minimum absolute atomic E-state index is 0.167. The molecule has 3 aliphatic heterocycles. The number of anilines is 3. The van der Waals surface area contributed by atoms with Crippen LogP contribution >= 0.6 is 0 Å². The van der Waals surface area contributed by atoms with E-state index in [0.717, 1.165) is 94.9 Å². The number of aromatic hydroxyl groups is 1. The topological polar surface area (TPSA) is 158 Å². The number of nitrogen functional groups attached to an aromatic ring is 1. The first-order valence-electron chi connectivity index (χ1n) is 20.1. The molecule has 1 atom stereocenters. The molecule has 2 aromatic heterocycles. The van der Waals surface area contributed by atoms with Crippen LogP contribution in [0.1, 0.15) is 55.2 Å². The number of hydrogen-bond acceptors (Lipinski definition) is 11. The molecule has 0 saturated carbocycles. The Kier molecular flexibility index (Phi) is 11.0. The van der Waals surface area contributed by atoms with E-state index >= 15 is 0 Å². The van der Waals surface area contributed by atoms with Crippen molar-refractivity contribution in [1.82, 2.24) is 34.4 Å². The summed E-state index contributed by atoms with van der Waals surface area (Å²) in [6.07, 6.45) is 3.69. The Morgan fingerprint density at radius 1 is 0.877 bits per heavy atom. The van der Waals surface area contributed by atoms with Gasteiger partial charge in [-0.15, -0.1) is 10.2 Å². The standard InChI is InChI=1S/C43H52N10O4/c1-48(28-29-11-13-31(14-12-29)51-23-25-52(26-24-51)37-27-34(46-47-41(37)44)33-7-3-4-10-38(33)54)19-6-20-50-21-17-30(18-22-50)32-8-5-9-35-40(32)49(2)43(57)53(35)36-15-16-39(55)45-42(36)56/h3-5,7-14,27,30,36,54H,6,15-26,28H2,1-2H3,(H2,44,47)(H,45,55,56). The number of benzene rings is 3. The van der Waals surface area contributed by atoms with Gasteiger partial charge in [-0.05, 0) is 112 Å². The third-order valence-electron chi connectivity index (χ3n) is 12.1. The van der Waals surface area contributed by atoms with Crippen LogP contribution in [-0.4, -0.2) is 105 Å². The highest BCUT2D eigenvalue weighted by molar-refractivity contribution is 6.00. The molecule has 3 aromatic carbocycles. The molecule has 0 spiro atoms. The first kappa shape index (κ1) is 38.2. The number of amides is 2. The van der Waals surface area contributed by atoms with E-state index in [0.29, 0.717) is 29.4 Å². The monoisotopic (exact) mass is 772 g/mol. The zero-order valence-electron chi connectivity index (χ0n) is 32.8. The van der Waals surface area contributed by atoms with Gasteiger partial charge in [-0.25, -0.2) is 4.79 Å². The summed E-state index contributed by atoms with van der Waals surface area (Å²) < 4.78 is 3.26. The second-order valence-corrected chi connectivity index (χ2v) is 15.8. The Bertz CT molecular complexity index is 2310. The molecule has 298 valence electrons. The van der Waals surface area contributed by atoms with Crippen molar-refractivity contribution < 1.29 is 14.7 Å². The van der Waals surface area contributed by atoms with Gasteiger partial charge < -0.3 is 30.4 Å². The summed E-state index contributed by atoms with van der Waals surface area (Å²) in [7, 11) is 3.98. The maximum Gasteiger partial charge on any atom is 0.329 e. The summed E-state index contributed by atoms with van der Waals surface area (Å²) in [5.41, 5.74) is 13.5. The molecular weight excluding hydrogens is 721 g/mol. The van der Waals surface area contributed by atoms with E-state index < -0.39 is 11.9 Å². The number of imidazole rings is 1. The summed E-state index contributed by atoms with van der Waals surface area (Å²) >= 11 is 0. The van der Waals surface area contributed by atoms with E-state index in [2.05, 4.69) is 72.5 Å². The number of imide groups is 1. The fourth-order valence-corrected chi connectivity index (χ4v) is 8.93. The Balaban J connectivity index is 0.790. The number of aryl methyl sites for hydroxylation is 1. The van der Waals surface area contributed by atoms with Gasteiger partial charge in [-0.1, -0.05) is 36.4 Å². The molecule has 57 heavy (non-hydrogen) atoms. The molecule has 1 unspecified atom stereocenters. The van der Waals surface area contributed by atoms with Crippen molar-refractivity contribution in [3.05, 3.63) is 94.4 Å². The van der Waals surface area contributed by atoms with Gasteiger partial charge in [0.25, 0.3) is 0 Å². The summed E-state index contributed by atoms with van der Waals surface area (Å²) in [5.74, 6) is 0.207. The lowest BCUT2D eigenvalue weighted by Crippen LogP contribution is -2.46. The van der Waals surface area contributed by atoms with Gasteiger partial charge in [0, 0.05) is 57.4 Å². The lowest BCUT2D eigenvalue weighted by molar-refractivity contribution is -0.135. The summed E-state index contributed by atoms with van der Waals surface area (Å²) in [6.45, 7) is 8.29. The molecule has 8 rings (SSSR count). The van der Waals surface area contributed by atoms with E-state index in [-0.39, 0.29) is 23.8 Å². The molecule has 0 bridgehead atoms. The zero-order valence-corrected chi connectivity index (χ0v) is 32.8. The number of phenols is 1. The van der Waals surface area contributed by atoms with Crippen LogP contribution < -0.4 is 26.5 Å². The Labute approximate surface area is 332 Å². The number of hydrogen-bond donors (Lipinski definition) is 3. The number of carbonyl (C=O) groups excluding carboxylic acids is 2. The van der Waals surface area contributed by atoms with E-state index in [1.165, 1.54) is 16.8 Å². The maximum atomic E-state index is 13.4. The average Bonchev–Trinajstić information content (AvgIpc) is 3.47. The summed E-state index contributed by atoms with van der Waals surface area (Å²) in [5, 5.41) is 21.1. The van der Waals surface area contributed by atoms with Crippen molar-refractivity contribution in [1.29, 1.82) is 0 Å². The SMILES string of the molecule is CN(CCCN1CCC(c2cccc3c2n(C)c(=O)n3C2CCC(=O)NC2=O)CC1)Cc1ccc(N2CCN(c3cc(-c4ccccc4O)nnc3N)CC2)cc1. The van der Waals surface area contributed by atoms with Gasteiger partial charge in [0.15, 0.2) is 5.82 Å². The number of nitrogens with zero attached hydrogens (tertiary/aromatic N) is 8. The third-order valence-corrected chi connectivity index (χ3v) is 12.1. The third kappa shape index (κ3) is 7.96. The lowest BCUT2D eigenvalue weighted by atomic mass is 9.88. The minimum atomic E-state index is -0.674. The van der Waals surface area contributed by atoms with Gasteiger partial charge in [0.1, 0.15) is 11.8 Å². The zero-order chi connectivity index (χ0) is 39.6. The van der Waals surface area contributed by atoms with Crippen LogP contribution in [0, 0.1) is 0 Å². The molecule has 5 aromatic rings. The van der Waals surface area contributed by atoms with Crippen LogP contribution in [0.15, 0.2) is 77.6 Å². The van der Waals surface area contributed by atoms with Gasteiger partial charge in [0.2, 0.25) is 11.8 Å². The van der Waals surface area contributed by atoms with Gasteiger partial charge >= 0.3 is 5.69 Å². The predicted molar refractivity (Wildman–Crippen MR) is 222 cm³/mol. The summed E-state index contributed by atoms with van der Waals surface area (Å²) in [4.78, 5) is 47.5. The van der Waals surface area contributed by atoms with E-state index in [1.807, 2.05) is 30.3 Å². The quantitative estimate of drug-likeness (QED) is 0.166. The lowest BCUT2D eigenvalue weighted by Gasteiger charge is -2.37. The second-order valence-electron chi connectivity index (χ2n) is 15.8. The van der Waals surface area contributed by atoms with Crippen LogP contribution in [-0.2, 0) is 23.2 Å². The fourth-order valence-electron chi connectivity index (χ4n) is 8.93. The number of carbonyl (C=O) groups is 2. The number of piperazine rings is 1. The van der Waals surface area contributed by atoms with Crippen LogP contribution in [0.3, 0.4) is 0 Å². The molecule has 5 heterocycles. The second kappa shape index (κ2) is 16.4. The number of rotatable bonds is 11. The van der Waals surface area contributed by atoms with Crippen molar-refractivity contribution in [2.24, 2.45) is 7.05 Å². The van der Waals surface area contributed by atoms with Crippen molar-refractivity contribution in [2.75, 3.05) is 74.9 Å². The Morgan fingerprint density at radius 3 is 2.35 bits per heavy atom. The molecule has 0 aliphatic carbocycles. The first-order valence-corrected chi connectivity index (χ1v) is 20.1. The molecule has 3 aliphatic rings. The number of likely N-dealkylation sites (tertiary alicyclic amines) is 1. The van der Waals surface area contributed by atoms with E-state index in [1.54, 1.807) is 28.3 Å². The number of phenolic OH excluding ortho intramolecular Hbond substituents is 1. The van der Waals surface area contributed by atoms with Crippen molar-refractivity contribution in [2.45, 2.75) is 50.6 Å². The van der Waals surface area contributed by atoms with Gasteiger partial charge in [-0.2, -0.15) is 0 Å². The highest BCUT2D eigenvalue weighted by Crippen LogP contribution is 2.35. The average molecular weight is 773 g/mol. The first-order chi connectivity index (χ1) is 27.6. The van der Waals surface area contributed by atoms with E-state index in [4.69, 9.17) is 5.73 Å². The number of aromatic nitrogens is 4. The number of piperidine rings is 2. The molecule has 3 fully saturated rings. The molecule has 14 nitrogen and oxygen atoms in total. The van der Waals surface area contributed by atoms with Crippen LogP contribution in [0.4, 0.5) is 17.2 Å². The van der Waals surface area contributed by atoms with Crippen molar-refractivity contribution in [3.8, 4) is 17.0 Å². The number of nitrogens with two attached hydrogens (primary N) is 1. The molecule has 2 amide bonds. The molecule has 4 N–H and O–H groups in total. The highest BCUT2D eigenvalue weighted by Gasteiger charge is 2.33. The van der Waals surface area contributed by atoms with E-state index in [9.17, 15) is 19.5 Å². The van der Waals surface area contributed by atoms with Crippen LogP contribution in [0.5, 0.6) is 5.75 Å².